The van der Waals surface area contributed by atoms with Crippen molar-refractivity contribution < 1.29 is 33.6 Å². The Morgan fingerprint density at radius 3 is 2.24 bits per heavy atom. The highest BCUT2D eigenvalue weighted by Gasteiger charge is 2.34. The van der Waals surface area contributed by atoms with Gasteiger partial charge in [0.1, 0.15) is 22.8 Å². The number of aromatic nitrogens is 2. The van der Waals surface area contributed by atoms with Gasteiger partial charge in [0.25, 0.3) is 5.91 Å². The van der Waals surface area contributed by atoms with Gasteiger partial charge in [-0.2, -0.15) is 0 Å². The Labute approximate surface area is 342 Å². The van der Waals surface area contributed by atoms with Gasteiger partial charge in [-0.05, 0) is 43.7 Å². The number of aromatic amines is 1. The first kappa shape index (κ1) is 43.6. The molecule has 314 valence electrons. The fourth-order valence-corrected chi connectivity index (χ4v) is 8.22. The fourth-order valence-electron chi connectivity index (χ4n) is 7.36. The smallest absolute Gasteiger partial charge is 0.319 e. The van der Waals surface area contributed by atoms with E-state index in [1.807, 2.05) is 38.1 Å². The molecule has 3 atom stereocenters. The number of likely N-dealkylation sites (N-methyl/N-ethyl adjacent to an activating group) is 2. The highest BCUT2D eigenvalue weighted by atomic mass is 32.1. The van der Waals surface area contributed by atoms with Crippen molar-refractivity contribution in [1.29, 1.82) is 0 Å². The second kappa shape index (κ2) is 19.3. The van der Waals surface area contributed by atoms with E-state index in [4.69, 9.17) is 0 Å². The van der Waals surface area contributed by atoms with Crippen LogP contribution < -0.4 is 16.0 Å². The van der Waals surface area contributed by atoms with E-state index >= 15 is 0 Å². The molecule has 3 aromatic rings. The number of hydrogen-bond acceptors (Lipinski definition) is 9. The lowest BCUT2D eigenvalue weighted by atomic mass is 9.95. The molecule has 17 nitrogen and oxygen atoms in total. The average Bonchev–Trinajstić information content (AvgIpc) is 3.85. The van der Waals surface area contributed by atoms with E-state index in [1.54, 1.807) is 37.6 Å². The lowest BCUT2D eigenvalue weighted by Gasteiger charge is -2.35. The molecule has 2 bridgehead atoms. The average molecular weight is 821 g/mol. The molecule has 1 fully saturated rings. The zero-order valence-electron chi connectivity index (χ0n) is 34.4. The summed E-state index contributed by atoms with van der Waals surface area (Å²) in [4.78, 5) is 110. The van der Waals surface area contributed by atoms with Gasteiger partial charge < -0.3 is 45.4 Å². The minimum atomic E-state index is -1.08. The van der Waals surface area contributed by atoms with Crippen LogP contribution in [-0.2, 0) is 30.4 Å². The zero-order valence-corrected chi connectivity index (χ0v) is 35.2. The van der Waals surface area contributed by atoms with Crippen LogP contribution >= 0.6 is 11.3 Å². The quantitative estimate of drug-likeness (QED) is 0.299. The van der Waals surface area contributed by atoms with Crippen molar-refractivity contribution in [1.82, 2.24) is 50.4 Å². The standard InChI is InChI=1S/C40H56N10O7S/c1-24(2)18-30-36-45-32(23-58-36)35(53)44-31(19-27-20-41-29-11-9-8-10-28(27)29)39(56)48(7)21-33(51)42-25(3)37(54)47(6)16-17-50(22-34(52)43-30)38(55)26-12-14-49(15-13-26)40(57)46(4)5/h8-11,20,23-26,30-31,41H,12-19,21-22H2,1-7H3,(H,42,51)(H,43,52)(H,44,53)/t25-,30-,31+/m0/s1. The number of amides is 8. The van der Waals surface area contributed by atoms with Crippen molar-refractivity contribution in [3.63, 3.8) is 0 Å². The number of likely N-dealkylation sites (tertiary alicyclic amines) is 1. The van der Waals surface area contributed by atoms with Gasteiger partial charge in [0.2, 0.25) is 29.5 Å². The van der Waals surface area contributed by atoms with E-state index in [2.05, 4.69) is 25.9 Å². The van der Waals surface area contributed by atoms with E-state index in [9.17, 15) is 33.6 Å². The third-order valence-corrected chi connectivity index (χ3v) is 11.5. The first-order valence-electron chi connectivity index (χ1n) is 19.7. The fraction of sp³-hybridized carbons (Fsp3) is 0.550. The summed E-state index contributed by atoms with van der Waals surface area (Å²) in [5.41, 5.74) is 1.72. The number of para-hydroxylation sites is 1. The maximum Gasteiger partial charge on any atom is 0.319 e. The molecule has 0 unspecified atom stereocenters. The van der Waals surface area contributed by atoms with Gasteiger partial charge in [-0.15, -0.1) is 11.3 Å². The molecule has 58 heavy (non-hydrogen) atoms. The second-order valence-electron chi connectivity index (χ2n) is 15.9. The summed E-state index contributed by atoms with van der Waals surface area (Å²) in [6.45, 7) is 5.76. The van der Waals surface area contributed by atoms with Gasteiger partial charge in [0.15, 0.2) is 0 Å². The molecular formula is C40H56N10O7S. The molecule has 2 aromatic heterocycles. The molecule has 5 rings (SSSR count). The van der Waals surface area contributed by atoms with Crippen LogP contribution in [0.5, 0.6) is 0 Å². The van der Waals surface area contributed by atoms with Crippen LogP contribution in [0.4, 0.5) is 4.79 Å². The maximum absolute atomic E-state index is 14.1. The lowest BCUT2D eigenvalue weighted by molar-refractivity contribution is -0.142. The predicted octanol–water partition coefficient (Wildman–Crippen LogP) is 1.83. The molecule has 4 N–H and O–H groups in total. The molecule has 4 heterocycles. The molecule has 18 heteroatoms. The summed E-state index contributed by atoms with van der Waals surface area (Å²) < 4.78 is 0. The topological polar surface area (TPSA) is 200 Å². The third kappa shape index (κ3) is 10.9. The molecule has 0 aliphatic carbocycles. The van der Waals surface area contributed by atoms with E-state index < -0.39 is 53.6 Å². The molecule has 8 amide bonds. The summed E-state index contributed by atoms with van der Waals surface area (Å²) in [6.07, 6.45) is 3.25. The Morgan fingerprint density at radius 1 is 0.862 bits per heavy atom. The van der Waals surface area contributed by atoms with Crippen molar-refractivity contribution in [3.8, 4) is 0 Å². The van der Waals surface area contributed by atoms with Gasteiger partial charge in [-0.25, -0.2) is 9.78 Å². The lowest BCUT2D eigenvalue weighted by Crippen LogP contribution is -2.53. The van der Waals surface area contributed by atoms with Gasteiger partial charge in [0.05, 0.1) is 19.1 Å². The number of benzene rings is 1. The zero-order chi connectivity index (χ0) is 42.3. The normalized spacial score (nSPS) is 21.4. The van der Waals surface area contributed by atoms with Crippen LogP contribution in [-0.4, -0.2) is 155 Å². The summed E-state index contributed by atoms with van der Waals surface area (Å²) in [5.74, 6) is -3.13. The van der Waals surface area contributed by atoms with Gasteiger partial charge >= 0.3 is 6.03 Å². The number of urea groups is 1. The highest BCUT2D eigenvalue weighted by Crippen LogP contribution is 2.26. The Balaban J connectivity index is 1.42. The van der Waals surface area contributed by atoms with Crippen molar-refractivity contribution in [3.05, 3.63) is 52.1 Å². The van der Waals surface area contributed by atoms with Crippen LogP contribution in [0.2, 0.25) is 0 Å². The summed E-state index contributed by atoms with van der Waals surface area (Å²) >= 11 is 1.20. The van der Waals surface area contributed by atoms with Crippen molar-refractivity contribution in [2.75, 3.05) is 67.5 Å². The first-order chi connectivity index (χ1) is 27.5. The van der Waals surface area contributed by atoms with Crippen LogP contribution in [0, 0.1) is 11.8 Å². The van der Waals surface area contributed by atoms with E-state index in [0.29, 0.717) is 37.4 Å². The Kier molecular flexibility index (Phi) is 14.5. The molecular weight excluding hydrogens is 765 g/mol. The van der Waals surface area contributed by atoms with Gasteiger partial charge in [-0.3, -0.25) is 28.8 Å². The largest absolute Gasteiger partial charge is 0.361 e. The maximum atomic E-state index is 14.1. The number of rotatable bonds is 5. The summed E-state index contributed by atoms with van der Waals surface area (Å²) in [7, 11) is 6.37. The molecule has 0 saturated carbocycles. The number of hydrogen-bond donors (Lipinski definition) is 4. The van der Waals surface area contributed by atoms with Crippen molar-refractivity contribution in [2.24, 2.45) is 11.8 Å². The number of H-pyrrole nitrogens is 1. The first-order valence-corrected chi connectivity index (χ1v) is 20.5. The molecule has 2 aliphatic rings. The molecule has 2 aliphatic heterocycles. The van der Waals surface area contributed by atoms with Gasteiger partial charge in [0, 0.05) is 89.2 Å². The van der Waals surface area contributed by atoms with Crippen LogP contribution in [0.3, 0.4) is 0 Å². The summed E-state index contributed by atoms with van der Waals surface area (Å²) in [6, 6.07) is 4.83. The Hall–Kier alpha value is -5.52. The van der Waals surface area contributed by atoms with Gasteiger partial charge in [-0.1, -0.05) is 32.0 Å². The number of carbonyl (C=O) groups is 7. The van der Waals surface area contributed by atoms with Crippen molar-refractivity contribution >= 4 is 63.7 Å². The second-order valence-corrected chi connectivity index (χ2v) is 16.7. The van der Waals surface area contributed by atoms with E-state index in [-0.39, 0.29) is 56.1 Å². The molecule has 1 aromatic carbocycles. The number of thiazole rings is 1. The number of nitrogens with zero attached hydrogens (tertiary/aromatic N) is 6. The molecule has 1 saturated heterocycles. The van der Waals surface area contributed by atoms with Crippen LogP contribution in [0.25, 0.3) is 10.9 Å². The number of piperidine rings is 1. The Morgan fingerprint density at radius 2 is 1.55 bits per heavy atom. The molecule has 0 spiro atoms. The number of nitrogens with one attached hydrogen (secondary N) is 4. The summed E-state index contributed by atoms with van der Waals surface area (Å²) in [5, 5.41) is 11.5. The predicted molar refractivity (Wildman–Crippen MR) is 219 cm³/mol. The van der Waals surface area contributed by atoms with E-state index in [1.165, 1.54) is 44.9 Å². The number of carbonyl (C=O) groups excluding carboxylic acids is 7. The molecule has 0 radical (unpaired) electrons. The highest BCUT2D eigenvalue weighted by molar-refractivity contribution is 7.09. The van der Waals surface area contributed by atoms with Crippen molar-refractivity contribution in [2.45, 2.75) is 64.6 Å². The monoisotopic (exact) mass is 820 g/mol. The third-order valence-electron chi connectivity index (χ3n) is 10.5. The van der Waals surface area contributed by atoms with E-state index in [0.717, 1.165) is 16.5 Å². The van der Waals surface area contributed by atoms with Crippen LogP contribution in [0.15, 0.2) is 35.8 Å². The van der Waals surface area contributed by atoms with Crippen LogP contribution in [0.1, 0.15) is 67.1 Å². The minimum absolute atomic E-state index is 0.0392. The Bertz CT molecular complexity index is 1990. The minimum Gasteiger partial charge on any atom is -0.361 e. The number of fused-ring (bicyclic) bond motifs is 3. The SMILES string of the molecule is CC(C)C[C@@H]1NC(=O)CN(C(=O)C2CCN(C(=O)N(C)C)CC2)CCN(C)C(=O)[C@H](C)NC(=O)CN(C)C(=O)[C@@H](Cc2c[nH]c3ccccc23)NC(=O)c2csc1n2.